The van der Waals surface area contributed by atoms with Gasteiger partial charge in [0.05, 0.1) is 0 Å². The third kappa shape index (κ3) is 3.33. The number of nitrogens with zero attached hydrogens (tertiary/aromatic N) is 3. The molecule has 3 rings (SSSR count). The average Bonchev–Trinajstić information content (AvgIpc) is 2.51. The van der Waals surface area contributed by atoms with Crippen LogP contribution in [0, 0.1) is 6.92 Å². The first kappa shape index (κ1) is 14.7. The number of likely N-dealkylation sites (N-methyl/N-ethyl adjacent to an activating group) is 1. The van der Waals surface area contributed by atoms with E-state index in [-0.39, 0.29) is 0 Å². The number of benzene rings is 1. The Morgan fingerprint density at radius 3 is 2.29 bits per heavy atom. The van der Waals surface area contributed by atoms with E-state index in [1.54, 1.807) is 0 Å². The maximum atomic E-state index is 5.92. The summed E-state index contributed by atoms with van der Waals surface area (Å²) >= 11 is 0. The molecule has 2 saturated heterocycles. The molecule has 1 aromatic carbocycles. The maximum Gasteiger partial charge on any atom is 0.0370 e. The molecule has 116 valence electrons. The lowest BCUT2D eigenvalue weighted by molar-refractivity contribution is 0.0982. The van der Waals surface area contributed by atoms with E-state index < -0.39 is 0 Å². The Labute approximate surface area is 128 Å². The first-order valence-electron chi connectivity index (χ1n) is 8.17. The predicted octanol–water partition coefficient (Wildman–Crippen LogP) is 1.79. The molecule has 2 aliphatic rings. The number of nitrogens with two attached hydrogens (primary N) is 1. The fourth-order valence-electron chi connectivity index (χ4n) is 3.53. The molecule has 0 aliphatic carbocycles. The van der Waals surface area contributed by atoms with Gasteiger partial charge in [0, 0.05) is 56.7 Å². The Bertz CT molecular complexity index is 472. The van der Waals surface area contributed by atoms with Crippen LogP contribution in [0.4, 0.5) is 11.4 Å². The van der Waals surface area contributed by atoms with Crippen molar-refractivity contribution in [3.05, 3.63) is 23.8 Å². The minimum absolute atomic E-state index is 0.782. The maximum absolute atomic E-state index is 5.92. The Balaban J connectivity index is 1.56. The highest BCUT2D eigenvalue weighted by Gasteiger charge is 2.26. The second kappa shape index (κ2) is 6.24. The Morgan fingerprint density at radius 1 is 1.00 bits per heavy atom. The SMILES string of the molecule is Cc1cc(N2CCC(N3CCN(C)CC3)CC2)ccc1N. The molecule has 0 aromatic heterocycles. The number of nitrogen functional groups attached to an aromatic ring is 1. The van der Waals surface area contributed by atoms with Gasteiger partial charge in [-0.1, -0.05) is 0 Å². The molecule has 0 amide bonds. The second-order valence-electron chi connectivity index (χ2n) is 6.60. The van der Waals surface area contributed by atoms with Crippen LogP contribution in [0.5, 0.6) is 0 Å². The molecule has 21 heavy (non-hydrogen) atoms. The molecule has 0 radical (unpaired) electrons. The van der Waals surface area contributed by atoms with Crippen LogP contribution in [0.1, 0.15) is 18.4 Å². The van der Waals surface area contributed by atoms with Gasteiger partial charge >= 0.3 is 0 Å². The largest absolute Gasteiger partial charge is 0.399 e. The zero-order valence-corrected chi connectivity index (χ0v) is 13.4. The highest BCUT2D eigenvalue weighted by atomic mass is 15.3. The van der Waals surface area contributed by atoms with Crippen LogP contribution < -0.4 is 10.6 Å². The summed E-state index contributed by atoms with van der Waals surface area (Å²) in [6, 6.07) is 7.21. The molecular weight excluding hydrogens is 260 g/mol. The van der Waals surface area contributed by atoms with Crippen molar-refractivity contribution in [2.75, 3.05) is 56.9 Å². The molecule has 0 spiro atoms. The normalized spacial score (nSPS) is 22.7. The van der Waals surface area contributed by atoms with Crippen molar-refractivity contribution in [2.45, 2.75) is 25.8 Å². The monoisotopic (exact) mass is 288 g/mol. The zero-order valence-electron chi connectivity index (χ0n) is 13.4. The molecule has 0 bridgehead atoms. The molecule has 2 heterocycles. The number of rotatable bonds is 2. The summed E-state index contributed by atoms with van der Waals surface area (Å²) in [7, 11) is 2.23. The third-order valence-corrected chi connectivity index (χ3v) is 5.14. The van der Waals surface area contributed by atoms with Crippen molar-refractivity contribution in [3.8, 4) is 0 Å². The van der Waals surface area contributed by atoms with Crippen molar-refractivity contribution in [2.24, 2.45) is 0 Å². The van der Waals surface area contributed by atoms with Gasteiger partial charge in [-0.05, 0) is 50.6 Å². The molecule has 2 fully saturated rings. The lowest BCUT2D eigenvalue weighted by atomic mass is 10.0. The van der Waals surface area contributed by atoms with Gasteiger partial charge in [-0.3, -0.25) is 4.90 Å². The van der Waals surface area contributed by atoms with E-state index in [1.807, 2.05) is 6.07 Å². The summed E-state index contributed by atoms with van der Waals surface area (Å²) < 4.78 is 0. The summed E-state index contributed by atoms with van der Waals surface area (Å²) in [4.78, 5) is 7.65. The molecule has 0 unspecified atom stereocenters. The van der Waals surface area contributed by atoms with Gasteiger partial charge in [0.15, 0.2) is 0 Å². The predicted molar refractivity (Wildman–Crippen MR) is 89.9 cm³/mol. The Morgan fingerprint density at radius 2 is 1.67 bits per heavy atom. The Hall–Kier alpha value is -1.26. The van der Waals surface area contributed by atoms with E-state index in [4.69, 9.17) is 5.73 Å². The van der Waals surface area contributed by atoms with Crippen LogP contribution in [0.3, 0.4) is 0 Å². The van der Waals surface area contributed by atoms with Gasteiger partial charge in [-0.25, -0.2) is 0 Å². The van der Waals surface area contributed by atoms with Gasteiger partial charge in [-0.15, -0.1) is 0 Å². The van der Waals surface area contributed by atoms with Crippen molar-refractivity contribution >= 4 is 11.4 Å². The van der Waals surface area contributed by atoms with Crippen LogP contribution in [0.15, 0.2) is 18.2 Å². The minimum atomic E-state index is 0.782. The topological polar surface area (TPSA) is 35.7 Å². The molecule has 0 atom stereocenters. The quantitative estimate of drug-likeness (QED) is 0.842. The van der Waals surface area contributed by atoms with Gasteiger partial charge in [0.25, 0.3) is 0 Å². The molecule has 2 aliphatic heterocycles. The molecular formula is C17H28N4. The summed E-state index contributed by atoms with van der Waals surface area (Å²) in [6.45, 7) is 9.34. The first-order chi connectivity index (χ1) is 10.1. The zero-order chi connectivity index (χ0) is 14.8. The highest BCUT2D eigenvalue weighted by Crippen LogP contribution is 2.25. The Kier molecular flexibility index (Phi) is 4.36. The van der Waals surface area contributed by atoms with Gasteiger partial charge in [0.2, 0.25) is 0 Å². The number of piperidine rings is 1. The number of hydrogen-bond acceptors (Lipinski definition) is 4. The average molecular weight is 288 g/mol. The van der Waals surface area contributed by atoms with E-state index in [2.05, 4.69) is 40.8 Å². The van der Waals surface area contributed by atoms with Crippen molar-refractivity contribution < 1.29 is 0 Å². The number of piperazine rings is 1. The van der Waals surface area contributed by atoms with E-state index in [9.17, 15) is 0 Å². The van der Waals surface area contributed by atoms with E-state index in [1.165, 1.54) is 63.4 Å². The van der Waals surface area contributed by atoms with E-state index >= 15 is 0 Å². The molecule has 1 aromatic rings. The first-order valence-corrected chi connectivity index (χ1v) is 8.17. The fraction of sp³-hybridized carbons (Fsp3) is 0.647. The standard InChI is InChI=1S/C17H28N4/c1-14-13-16(3-4-17(14)18)20-7-5-15(6-8-20)21-11-9-19(2)10-12-21/h3-4,13,15H,5-12,18H2,1-2H3. The molecule has 4 heteroatoms. The van der Waals surface area contributed by atoms with Crippen LogP contribution in [-0.2, 0) is 0 Å². The summed E-state index contributed by atoms with van der Waals surface area (Å²) in [5.74, 6) is 0. The van der Waals surface area contributed by atoms with Crippen LogP contribution >= 0.6 is 0 Å². The minimum Gasteiger partial charge on any atom is -0.399 e. The summed E-state index contributed by atoms with van der Waals surface area (Å²) in [5, 5.41) is 0. The molecule has 2 N–H and O–H groups in total. The summed E-state index contributed by atoms with van der Waals surface area (Å²) in [5.41, 5.74) is 9.33. The van der Waals surface area contributed by atoms with E-state index in [0.717, 1.165) is 11.7 Å². The third-order valence-electron chi connectivity index (χ3n) is 5.14. The van der Waals surface area contributed by atoms with Crippen molar-refractivity contribution in [1.82, 2.24) is 9.80 Å². The van der Waals surface area contributed by atoms with E-state index in [0.29, 0.717) is 0 Å². The van der Waals surface area contributed by atoms with Gasteiger partial charge < -0.3 is 15.5 Å². The molecule has 4 nitrogen and oxygen atoms in total. The molecule has 0 saturated carbocycles. The second-order valence-corrected chi connectivity index (χ2v) is 6.60. The smallest absolute Gasteiger partial charge is 0.0370 e. The number of aryl methyl sites for hydroxylation is 1. The van der Waals surface area contributed by atoms with Crippen LogP contribution in [0.25, 0.3) is 0 Å². The lowest BCUT2D eigenvalue weighted by Crippen LogP contribution is -2.52. The van der Waals surface area contributed by atoms with Gasteiger partial charge in [-0.2, -0.15) is 0 Å². The lowest BCUT2D eigenvalue weighted by Gasteiger charge is -2.42. The fourth-order valence-corrected chi connectivity index (χ4v) is 3.53. The van der Waals surface area contributed by atoms with Crippen LogP contribution in [0.2, 0.25) is 0 Å². The highest BCUT2D eigenvalue weighted by molar-refractivity contribution is 5.58. The van der Waals surface area contributed by atoms with Gasteiger partial charge in [0.1, 0.15) is 0 Å². The number of hydrogen-bond donors (Lipinski definition) is 1. The van der Waals surface area contributed by atoms with Crippen LogP contribution in [-0.4, -0.2) is 62.2 Å². The van der Waals surface area contributed by atoms with Crippen molar-refractivity contribution in [1.29, 1.82) is 0 Å². The number of anilines is 2. The summed E-state index contributed by atoms with van der Waals surface area (Å²) in [6.07, 6.45) is 2.57. The van der Waals surface area contributed by atoms with Crippen molar-refractivity contribution in [3.63, 3.8) is 0 Å².